The van der Waals surface area contributed by atoms with Gasteiger partial charge in [-0.2, -0.15) is 0 Å². The number of hydrogen-bond donors (Lipinski definition) is 4. The Morgan fingerprint density at radius 1 is 0.378 bits per heavy atom. The number of aliphatic hydroxyl groups is 3. The van der Waals surface area contributed by atoms with Crippen LogP contribution in [-0.2, 0) is 72.5 Å². The highest BCUT2D eigenvalue weighted by molar-refractivity contribution is 5.71. The molecule has 0 spiro atoms. The van der Waals surface area contributed by atoms with E-state index >= 15 is 0 Å². The molecule has 0 fully saturated rings. The molecule has 3 aromatic heterocycles. The number of aromatic hydroxyl groups is 1. The van der Waals surface area contributed by atoms with Gasteiger partial charge in [-0.15, -0.1) is 0 Å². The monoisotopic (exact) mass is 1480 g/mol. The van der Waals surface area contributed by atoms with Crippen LogP contribution in [0.4, 0.5) is 0 Å². The van der Waals surface area contributed by atoms with Crippen LogP contribution in [0.25, 0.3) is 0 Å². The summed E-state index contributed by atoms with van der Waals surface area (Å²) in [7, 11) is 3.25. The first-order valence-corrected chi connectivity index (χ1v) is 38.3. The Morgan fingerprint density at radius 2 is 0.676 bits per heavy atom. The topological polar surface area (TPSA) is 232 Å². The maximum Gasteiger partial charge on any atom is 0.257 e. The van der Waals surface area contributed by atoms with Crippen LogP contribution in [0.1, 0.15) is 177 Å². The van der Waals surface area contributed by atoms with Crippen LogP contribution in [0.3, 0.4) is 0 Å². The summed E-state index contributed by atoms with van der Waals surface area (Å²) in [5.74, 6) is 3.71. The van der Waals surface area contributed by atoms with E-state index in [0.29, 0.717) is 129 Å². The molecule has 0 bridgehead atoms. The van der Waals surface area contributed by atoms with Crippen molar-refractivity contribution >= 4 is 0 Å². The van der Waals surface area contributed by atoms with E-state index in [9.17, 15) is 34.8 Å². The molecule has 18 nitrogen and oxygen atoms in total. The Hall–Kier alpha value is -11.7. The fourth-order valence-corrected chi connectivity index (χ4v) is 20.9. The van der Waals surface area contributed by atoms with Crippen molar-refractivity contribution in [2.45, 2.75) is 158 Å². The van der Waals surface area contributed by atoms with E-state index in [-0.39, 0.29) is 22.4 Å². The lowest BCUT2D eigenvalue weighted by Crippen LogP contribution is -2.49. The number of nitrogens with zero attached hydrogens (tertiary/aromatic N) is 6. The van der Waals surface area contributed by atoms with Gasteiger partial charge in [0.25, 0.3) is 16.7 Å². The van der Waals surface area contributed by atoms with Crippen LogP contribution in [0.5, 0.6) is 34.5 Å². The van der Waals surface area contributed by atoms with Gasteiger partial charge >= 0.3 is 0 Å². The van der Waals surface area contributed by atoms with E-state index in [0.717, 1.165) is 97.7 Å². The average Bonchev–Trinajstić information content (AvgIpc) is 1.50. The van der Waals surface area contributed by atoms with Crippen LogP contribution in [-0.4, -0.2) is 63.3 Å². The van der Waals surface area contributed by atoms with Crippen molar-refractivity contribution in [2.75, 3.05) is 14.2 Å². The Balaban J connectivity index is 0.000000112. The minimum atomic E-state index is -1.74. The molecule has 0 saturated heterocycles. The van der Waals surface area contributed by atoms with Crippen molar-refractivity contribution in [3.63, 3.8) is 0 Å². The number of fused-ring (bicyclic) bond motifs is 18. The SMILES string of the molecule is COc1ccc([C@@]23Oc4cc(C)cc(C)c4[C@]2(O)c2nc4n(c(=O)c2[C@H]3c2ccccc2)CCC4)cc1.COc1ccc([C@]23Oc4cc(C)cc(C)c4[C@@]2(O)c2nc4n(c(=O)c2[C@@H]3c2ccccc2)CCC4)cc1.Cc1cc(C)c2c(c1)O[C@@]1(c3ccc(C)c(O)c3)[C@H](c3ccccc3)c3c(nc4n(c3=O)CCC4)[C@@]21O. The molecule has 18 heteroatoms. The van der Waals surface area contributed by atoms with Crippen molar-refractivity contribution in [1.29, 1.82) is 0 Å². The van der Waals surface area contributed by atoms with E-state index in [1.165, 1.54) is 0 Å². The van der Waals surface area contributed by atoms with Gasteiger partial charge < -0.3 is 44.1 Å². The fraction of sp³-hybridized carbons (Fsp3) is 0.290. The first kappa shape index (κ1) is 69.7. The summed E-state index contributed by atoms with van der Waals surface area (Å²) < 4.78 is 37.1. The summed E-state index contributed by atoms with van der Waals surface area (Å²) in [5, 5.41) is 50.3. The predicted octanol–water partition coefficient (Wildman–Crippen LogP) is 13.5. The van der Waals surface area contributed by atoms with Gasteiger partial charge in [0.15, 0.2) is 33.6 Å². The van der Waals surface area contributed by atoms with E-state index in [4.69, 9.17) is 38.6 Å². The van der Waals surface area contributed by atoms with E-state index < -0.39 is 51.4 Å². The largest absolute Gasteiger partial charge is 0.508 e. The van der Waals surface area contributed by atoms with Crippen molar-refractivity contribution in [3.05, 3.63) is 365 Å². The first-order valence-electron chi connectivity index (χ1n) is 38.3. The average molecular weight is 1480 g/mol. The van der Waals surface area contributed by atoms with E-state index in [1.807, 2.05) is 224 Å². The molecule has 9 atom stereocenters. The molecule has 12 aromatic rings. The van der Waals surface area contributed by atoms with Crippen molar-refractivity contribution < 1.29 is 44.1 Å². The number of benzene rings is 9. The second-order valence-corrected chi connectivity index (χ2v) is 31.6. The molecule has 9 aromatic carbocycles. The summed E-state index contributed by atoms with van der Waals surface area (Å²) in [5.41, 5.74) is 6.52. The lowest BCUT2D eigenvalue weighted by atomic mass is 9.69. The van der Waals surface area contributed by atoms with Gasteiger partial charge in [0, 0.05) is 72.3 Å². The minimum absolute atomic E-state index is 0.0861. The van der Waals surface area contributed by atoms with Gasteiger partial charge in [0.05, 0.1) is 65.7 Å². The summed E-state index contributed by atoms with van der Waals surface area (Å²) in [6, 6.07) is 62.2. The Labute approximate surface area is 641 Å². The highest BCUT2D eigenvalue weighted by atomic mass is 16.5. The zero-order valence-corrected chi connectivity index (χ0v) is 63.3. The van der Waals surface area contributed by atoms with Crippen molar-refractivity contribution in [1.82, 2.24) is 28.7 Å². The number of aromatic nitrogens is 6. The Morgan fingerprint density at radius 3 is 0.973 bits per heavy atom. The van der Waals surface area contributed by atoms with Crippen LogP contribution >= 0.6 is 0 Å². The first-order chi connectivity index (χ1) is 53.6. The molecule has 0 unspecified atom stereocenters. The lowest BCUT2D eigenvalue weighted by Gasteiger charge is -2.40. The predicted molar refractivity (Wildman–Crippen MR) is 418 cm³/mol. The molecule has 0 saturated carbocycles. The van der Waals surface area contributed by atoms with Gasteiger partial charge in [-0.25, -0.2) is 15.0 Å². The molecule has 9 heterocycles. The maximum atomic E-state index is 14.2. The lowest BCUT2D eigenvalue weighted by molar-refractivity contribution is -0.0907. The zero-order chi connectivity index (χ0) is 76.7. The van der Waals surface area contributed by atoms with Gasteiger partial charge in [-0.3, -0.25) is 28.1 Å². The number of rotatable bonds is 8. The third-order valence-corrected chi connectivity index (χ3v) is 25.2. The number of hydrogen-bond acceptors (Lipinski definition) is 15. The molecule has 558 valence electrons. The molecule has 0 amide bonds. The summed E-state index contributed by atoms with van der Waals surface area (Å²) in [6.45, 7) is 15.7. The smallest absolute Gasteiger partial charge is 0.257 e. The zero-order valence-electron chi connectivity index (χ0n) is 63.3. The van der Waals surface area contributed by atoms with E-state index in [2.05, 4.69) is 12.1 Å². The van der Waals surface area contributed by atoms with E-state index in [1.54, 1.807) is 34.0 Å². The third kappa shape index (κ3) is 9.29. The number of phenolic OH excluding ortho intramolecular Hbond substituents is 1. The second-order valence-electron chi connectivity index (χ2n) is 31.6. The molecule has 6 aliphatic heterocycles. The highest BCUT2D eigenvalue weighted by Crippen LogP contribution is 2.72. The molecular weight excluding hydrogens is 1390 g/mol. The second kappa shape index (κ2) is 24.9. The maximum absolute atomic E-state index is 14.2. The number of aryl methyl sites for hydroxylation is 10. The summed E-state index contributed by atoms with van der Waals surface area (Å²) in [6.07, 6.45) is 4.70. The quantitative estimate of drug-likeness (QED) is 0.111. The third-order valence-electron chi connectivity index (χ3n) is 25.2. The Kier molecular flexibility index (Phi) is 15.6. The van der Waals surface area contributed by atoms with Gasteiger partial charge in [0.1, 0.15) is 52.0 Å². The standard InChI is InChI=1S/3C31H28N2O4/c2*1-18-16-19(2)26-23(17-18)37-31(21-11-13-22(36-3)14-12-21)27(20-8-5-4-6-9-20)25-28(30(26,31)35)32-24-10-7-15-33(24)29(25)34;1-17-14-19(3)26-23(15-17)37-31(21-12-11-18(2)22(34)16-21)27(20-8-5-4-6-9-20)25-28(30(26,31)36)32-24-10-7-13-33(24)29(25)35/h2*4-6,8-9,11-14,16-17,27,35H,7,10,15H2,1-3H3;4-6,8-9,11-12,14-16,27,34,36H,7,10,13H2,1-3H3/t3*27-,30+,31+/m101/s1. The van der Waals surface area contributed by atoms with Crippen molar-refractivity contribution in [2.24, 2.45) is 0 Å². The van der Waals surface area contributed by atoms with Gasteiger partial charge in [0.2, 0.25) is 0 Å². The molecule has 111 heavy (non-hydrogen) atoms. The van der Waals surface area contributed by atoms with Gasteiger partial charge in [-0.1, -0.05) is 146 Å². The Bertz CT molecular complexity index is 5860. The fourth-order valence-electron chi connectivity index (χ4n) is 20.9. The van der Waals surface area contributed by atoms with Crippen LogP contribution in [0.2, 0.25) is 0 Å². The summed E-state index contributed by atoms with van der Waals surface area (Å²) >= 11 is 0. The number of methoxy groups -OCH3 is 2. The van der Waals surface area contributed by atoms with Crippen LogP contribution in [0.15, 0.2) is 209 Å². The van der Waals surface area contributed by atoms with Crippen molar-refractivity contribution in [3.8, 4) is 34.5 Å². The van der Waals surface area contributed by atoms with Crippen LogP contribution < -0.4 is 40.4 Å². The van der Waals surface area contributed by atoms with Gasteiger partial charge in [-0.05, 0) is 172 Å². The minimum Gasteiger partial charge on any atom is -0.508 e. The summed E-state index contributed by atoms with van der Waals surface area (Å²) in [4.78, 5) is 57.7. The molecule has 4 N–H and O–H groups in total. The van der Waals surface area contributed by atoms with Crippen LogP contribution in [0, 0.1) is 48.5 Å². The number of phenols is 1. The molecule has 21 rings (SSSR count). The number of ether oxygens (including phenoxy) is 5. The molecule has 3 aliphatic carbocycles. The normalized spacial score (nSPS) is 24.7. The molecular formula is C93H84N6O12. The molecule has 0 radical (unpaired) electrons. The highest BCUT2D eigenvalue weighted by Gasteiger charge is 2.77. The molecule has 9 aliphatic rings.